The molecule has 7 heteroatoms. The van der Waals surface area contributed by atoms with Gasteiger partial charge in [-0.3, -0.25) is 4.98 Å². The molecule has 0 aliphatic rings. The van der Waals surface area contributed by atoms with Gasteiger partial charge in [0.2, 0.25) is 0 Å². The van der Waals surface area contributed by atoms with Crippen molar-refractivity contribution in [2.75, 3.05) is 0 Å². The van der Waals surface area contributed by atoms with Gasteiger partial charge >= 0.3 is 6.36 Å². The number of pyridine rings is 1. The lowest BCUT2D eigenvalue weighted by molar-refractivity contribution is -0.274. The number of benzene rings is 1. The zero-order valence-corrected chi connectivity index (χ0v) is 11.9. The lowest BCUT2D eigenvalue weighted by Crippen LogP contribution is -2.17. The molecule has 0 unspecified atom stereocenters. The van der Waals surface area contributed by atoms with Crippen molar-refractivity contribution < 1.29 is 17.9 Å². The molecule has 0 fully saturated rings. The van der Waals surface area contributed by atoms with Crippen LogP contribution >= 0.6 is 31.9 Å². The van der Waals surface area contributed by atoms with Crippen molar-refractivity contribution in [1.82, 2.24) is 4.98 Å². The molecule has 0 aliphatic heterocycles. The van der Waals surface area contributed by atoms with E-state index in [0.29, 0.717) is 10.9 Å². The van der Waals surface area contributed by atoms with E-state index in [9.17, 15) is 13.2 Å². The van der Waals surface area contributed by atoms with Gasteiger partial charge in [-0.15, -0.1) is 13.2 Å². The van der Waals surface area contributed by atoms with Crippen LogP contribution in [0.1, 0.15) is 9.43 Å². The van der Waals surface area contributed by atoms with Gasteiger partial charge in [0.15, 0.2) is 0 Å². The van der Waals surface area contributed by atoms with Crippen LogP contribution in [-0.2, 0) is 0 Å². The first-order valence-corrected chi connectivity index (χ1v) is 6.63. The summed E-state index contributed by atoms with van der Waals surface area (Å²) in [5, 5.41) is 0.584. The van der Waals surface area contributed by atoms with Crippen LogP contribution in [0.15, 0.2) is 30.3 Å². The van der Waals surface area contributed by atoms with Crippen molar-refractivity contribution in [2.45, 2.75) is 10.1 Å². The molecule has 0 N–H and O–H groups in total. The fourth-order valence-electron chi connectivity index (χ4n) is 1.44. The molecule has 1 aromatic heterocycles. The third-order valence-electron chi connectivity index (χ3n) is 2.14. The molecule has 2 aromatic rings. The number of hydrogen-bond donors (Lipinski definition) is 0. The summed E-state index contributed by atoms with van der Waals surface area (Å²) in [6, 6.07) is 7.44. The topological polar surface area (TPSA) is 22.1 Å². The van der Waals surface area contributed by atoms with Crippen molar-refractivity contribution in [2.24, 2.45) is 0 Å². The maximum Gasteiger partial charge on any atom is 0.573 e. The highest BCUT2D eigenvalue weighted by Gasteiger charge is 2.31. The predicted octanol–water partition coefficient (Wildman–Crippen LogP) is 4.92. The number of ether oxygens (including phenoxy) is 1. The van der Waals surface area contributed by atoms with Gasteiger partial charge in [-0.25, -0.2) is 0 Å². The molecule has 0 saturated carbocycles. The average Bonchev–Trinajstić information content (AvgIpc) is 2.26. The molecule has 0 amide bonds. The molecule has 0 saturated heterocycles. The summed E-state index contributed by atoms with van der Waals surface area (Å²) in [7, 11) is 0. The fourth-order valence-corrected chi connectivity index (χ4v) is 1.95. The van der Waals surface area contributed by atoms with Gasteiger partial charge in [-0.1, -0.05) is 37.9 Å². The third kappa shape index (κ3) is 3.35. The molecule has 18 heavy (non-hydrogen) atoms. The molecule has 0 bridgehead atoms. The highest BCUT2D eigenvalue weighted by molar-refractivity contribution is 9.24. The van der Waals surface area contributed by atoms with Crippen molar-refractivity contribution in [3.63, 3.8) is 0 Å². The summed E-state index contributed by atoms with van der Waals surface area (Å²) in [5.74, 6) is -0.251. The van der Waals surface area contributed by atoms with E-state index in [1.807, 2.05) is 0 Å². The molecule has 0 atom stereocenters. The largest absolute Gasteiger partial charge is 0.573 e. The first-order valence-electron chi connectivity index (χ1n) is 4.80. The average molecular weight is 385 g/mol. The standard InChI is InChI=1S/C11H6Br2F3NO/c12-10(13)9-3-1-6-5-7(18-11(14,15)16)2-4-8(6)17-9/h1-5,10H. The molecule has 0 radical (unpaired) electrons. The normalized spacial score (nSPS) is 12.1. The van der Waals surface area contributed by atoms with Crippen molar-refractivity contribution in [1.29, 1.82) is 0 Å². The van der Waals surface area contributed by atoms with Crippen LogP contribution in [-0.4, -0.2) is 11.3 Å². The minimum Gasteiger partial charge on any atom is -0.406 e. The third-order valence-corrected chi connectivity index (χ3v) is 3.08. The number of halogens is 5. The van der Waals surface area contributed by atoms with E-state index in [-0.39, 0.29) is 9.49 Å². The quantitative estimate of drug-likeness (QED) is 0.685. The minimum absolute atomic E-state index is 0.0968. The molecule has 1 heterocycles. The Morgan fingerprint density at radius 1 is 1.11 bits per heavy atom. The summed E-state index contributed by atoms with van der Waals surface area (Å²) in [5.41, 5.74) is 1.35. The lowest BCUT2D eigenvalue weighted by Gasteiger charge is -2.09. The summed E-state index contributed by atoms with van der Waals surface area (Å²) < 4.78 is 39.9. The van der Waals surface area contributed by atoms with Crippen molar-refractivity contribution >= 4 is 42.8 Å². The number of alkyl halides is 5. The van der Waals surface area contributed by atoms with Gasteiger partial charge in [0.25, 0.3) is 0 Å². The second-order valence-corrected chi connectivity index (χ2v) is 6.50. The maximum atomic E-state index is 12.1. The van der Waals surface area contributed by atoms with Crippen LogP contribution in [0, 0.1) is 0 Å². The van der Waals surface area contributed by atoms with Crippen molar-refractivity contribution in [3.05, 3.63) is 36.0 Å². The molecular formula is C11H6Br2F3NO. The van der Waals surface area contributed by atoms with Crippen LogP contribution in [0.4, 0.5) is 13.2 Å². The van der Waals surface area contributed by atoms with Crippen LogP contribution in [0.25, 0.3) is 10.9 Å². The van der Waals surface area contributed by atoms with E-state index in [1.165, 1.54) is 18.2 Å². The fraction of sp³-hybridized carbons (Fsp3) is 0.182. The van der Waals surface area contributed by atoms with Gasteiger partial charge in [0, 0.05) is 5.39 Å². The minimum atomic E-state index is -4.68. The molecule has 0 spiro atoms. The molecule has 2 rings (SSSR count). The van der Waals surface area contributed by atoms with Crippen LogP contribution < -0.4 is 4.74 Å². The Morgan fingerprint density at radius 3 is 2.44 bits per heavy atom. The van der Waals surface area contributed by atoms with Crippen LogP contribution in [0.2, 0.25) is 0 Å². The van der Waals surface area contributed by atoms with Gasteiger partial charge in [-0.2, -0.15) is 0 Å². The highest BCUT2D eigenvalue weighted by atomic mass is 79.9. The van der Waals surface area contributed by atoms with E-state index in [1.54, 1.807) is 12.1 Å². The summed E-state index contributed by atoms with van der Waals surface area (Å²) in [4.78, 5) is 4.28. The predicted molar refractivity (Wildman–Crippen MR) is 69.0 cm³/mol. The Labute approximate surface area is 117 Å². The number of nitrogens with zero attached hydrogens (tertiary/aromatic N) is 1. The SMILES string of the molecule is FC(F)(F)Oc1ccc2nc(C(Br)Br)ccc2c1. The zero-order chi connectivity index (χ0) is 13.3. The number of rotatable bonds is 2. The van der Waals surface area contributed by atoms with E-state index in [0.717, 1.165) is 5.69 Å². The van der Waals surface area contributed by atoms with E-state index >= 15 is 0 Å². The summed E-state index contributed by atoms with van der Waals surface area (Å²) >= 11 is 6.61. The Kier molecular flexibility index (Phi) is 3.82. The second-order valence-electron chi connectivity index (χ2n) is 3.44. The molecule has 2 nitrogen and oxygen atoms in total. The first-order chi connectivity index (χ1) is 8.35. The summed E-state index contributed by atoms with van der Waals surface area (Å²) in [6.45, 7) is 0. The Balaban J connectivity index is 2.38. The van der Waals surface area contributed by atoms with Gasteiger partial charge in [0.1, 0.15) is 9.49 Å². The maximum absolute atomic E-state index is 12.1. The van der Waals surface area contributed by atoms with Gasteiger partial charge in [0.05, 0.1) is 11.2 Å². The van der Waals surface area contributed by atoms with Crippen LogP contribution in [0.3, 0.4) is 0 Å². The van der Waals surface area contributed by atoms with Crippen LogP contribution in [0.5, 0.6) is 5.75 Å². The monoisotopic (exact) mass is 383 g/mol. The first kappa shape index (κ1) is 13.6. The zero-order valence-electron chi connectivity index (χ0n) is 8.71. The van der Waals surface area contributed by atoms with E-state index in [4.69, 9.17) is 0 Å². The molecular weight excluding hydrogens is 379 g/mol. The lowest BCUT2D eigenvalue weighted by atomic mass is 10.2. The highest BCUT2D eigenvalue weighted by Crippen LogP contribution is 2.30. The smallest absolute Gasteiger partial charge is 0.406 e. The molecule has 1 aromatic carbocycles. The Morgan fingerprint density at radius 2 is 1.83 bits per heavy atom. The Hall–Kier alpha value is -0.820. The Bertz CT molecular complexity index is 572. The molecule has 96 valence electrons. The van der Waals surface area contributed by atoms with E-state index in [2.05, 4.69) is 41.6 Å². The van der Waals surface area contributed by atoms with Gasteiger partial charge in [-0.05, 0) is 24.3 Å². The number of fused-ring (bicyclic) bond motifs is 1. The summed E-state index contributed by atoms with van der Waals surface area (Å²) in [6.07, 6.45) is -4.68. The second kappa shape index (κ2) is 5.05. The van der Waals surface area contributed by atoms with E-state index < -0.39 is 6.36 Å². The van der Waals surface area contributed by atoms with Crippen molar-refractivity contribution in [3.8, 4) is 5.75 Å². The number of hydrogen-bond acceptors (Lipinski definition) is 2. The number of aromatic nitrogens is 1. The molecule has 0 aliphatic carbocycles. The van der Waals surface area contributed by atoms with Gasteiger partial charge < -0.3 is 4.74 Å².